The van der Waals surface area contributed by atoms with Crippen LogP contribution in [0.2, 0.25) is 0 Å². The molecular weight excluding hydrogens is 206 g/mol. The highest BCUT2D eigenvalue weighted by molar-refractivity contribution is 4.96. The normalized spacial score (nSPS) is 12.9. The van der Waals surface area contributed by atoms with Crippen LogP contribution in [0.4, 0.5) is 0 Å². The predicted octanol–water partition coefficient (Wildman–Crippen LogP) is 1.81. The lowest BCUT2D eigenvalue weighted by atomic mass is 10.3. The summed E-state index contributed by atoms with van der Waals surface area (Å²) in [6.45, 7) is 5.20. The summed E-state index contributed by atoms with van der Waals surface area (Å²) in [6, 6.07) is 3.78. The Morgan fingerprint density at radius 2 is 2.38 bits per heavy atom. The lowest BCUT2D eigenvalue weighted by molar-refractivity contribution is 0.0427. The van der Waals surface area contributed by atoms with Gasteiger partial charge in [-0.25, -0.2) is 0 Å². The van der Waals surface area contributed by atoms with Crippen LogP contribution in [0.5, 0.6) is 0 Å². The fourth-order valence-corrected chi connectivity index (χ4v) is 1.32. The number of hydrogen-bond acceptors (Lipinski definition) is 4. The zero-order valence-electron chi connectivity index (χ0n) is 10.1. The lowest BCUT2D eigenvalue weighted by Crippen LogP contribution is -2.28. The second kappa shape index (κ2) is 8.33. The summed E-state index contributed by atoms with van der Waals surface area (Å²) >= 11 is 0. The van der Waals surface area contributed by atoms with Gasteiger partial charge in [-0.05, 0) is 32.0 Å². The molecule has 0 fully saturated rings. The first-order chi connectivity index (χ1) is 7.83. The van der Waals surface area contributed by atoms with Gasteiger partial charge in [0.1, 0.15) is 12.4 Å². The molecular formula is C12H21NO3. The summed E-state index contributed by atoms with van der Waals surface area (Å²) in [5.74, 6) is 0.867. The molecule has 1 rings (SSSR count). The largest absolute Gasteiger partial charge is 0.467 e. The van der Waals surface area contributed by atoms with E-state index in [-0.39, 0.29) is 6.10 Å². The van der Waals surface area contributed by atoms with Gasteiger partial charge in [-0.3, -0.25) is 0 Å². The van der Waals surface area contributed by atoms with Crippen LogP contribution in [-0.2, 0) is 16.1 Å². The van der Waals surface area contributed by atoms with Crippen molar-refractivity contribution in [2.75, 3.05) is 26.8 Å². The molecule has 1 unspecified atom stereocenters. The van der Waals surface area contributed by atoms with Gasteiger partial charge < -0.3 is 19.2 Å². The molecule has 0 bridgehead atoms. The zero-order chi connectivity index (χ0) is 11.6. The van der Waals surface area contributed by atoms with E-state index < -0.39 is 0 Å². The molecule has 1 atom stereocenters. The molecule has 92 valence electrons. The van der Waals surface area contributed by atoms with Crippen molar-refractivity contribution in [1.29, 1.82) is 0 Å². The fraction of sp³-hybridized carbons (Fsp3) is 0.667. The summed E-state index contributed by atoms with van der Waals surface area (Å²) in [6.07, 6.45) is 2.88. The second-order valence-electron chi connectivity index (χ2n) is 3.75. The summed E-state index contributed by atoms with van der Waals surface area (Å²) in [5, 5.41) is 3.31. The van der Waals surface area contributed by atoms with Crippen molar-refractivity contribution in [3.8, 4) is 0 Å². The first kappa shape index (κ1) is 13.2. The fourth-order valence-electron chi connectivity index (χ4n) is 1.32. The number of ether oxygens (including phenoxy) is 2. The third-order valence-electron chi connectivity index (χ3n) is 2.22. The third kappa shape index (κ3) is 5.90. The minimum atomic E-state index is 0.188. The molecule has 0 radical (unpaired) electrons. The lowest BCUT2D eigenvalue weighted by Gasteiger charge is -2.12. The van der Waals surface area contributed by atoms with E-state index >= 15 is 0 Å². The van der Waals surface area contributed by atoms with Gasteiger partial charge in [0, 0.05) is 20.3 Å². The van der Waals surface area contributed by atoms with Gasteiger partial charge in [0.2, 0.25) is 0 Å². The summed E-state index contributed by atoms with van der Waals surface area (Å²) in [4.78, 5) is 0. The third-order valence-corrected chi connectivity index (χ3v) is 2.22. The molecule has 1 N–H and O–H groups in total. The van der Waals surface area contributed by atoms with Gasteiger partial charge >= 0.3 is 0 Å². The Labute approximate surface area is 96.9 Å². The Bertz CT molecular complexity index is 249. The van der Waals surface area contributed by atoms with E-state index in [0.717, 1.165) is 31.9 Å². The van der Waals surface area contributed by atoms with Crippen molar-refractivity contribution >= 4 is 0 Å². The molecule has 0 aliphatic heterocycles. The molecule has 1 heterocycles. The molecule has 0 aliphatic rings. The molecule has 0 saturated carbocycles. The van der Waals surface area contributed by atoms with Gasteiger partial charge in [-0.2, -0.15) is 0 Å². The Morgan fingerprint density at radius 1 is 1.50 bits per heavy atom. The van der Waals surface area contributed by atoms with Crippen LogP contribution in [0.3, 0.4) is 0 Å². The highest BCUT2D eigenvalue weighted by atomic mass is 16.5. The van der Waals surface area contributed by atoms with E-state index in [1.54, 1.807) is 13.4 Å². The second-order valence-corrected chi connectivity index (χ2v) is 3.75. The van der Waals surface area contributed by atoms with Crippen LogP contribution in [-0.4, -0.2) is 32.9 Å². The van der Waals surface area contributed by atoms with Crippen molar-refractivity contribution in [1.82, 2.24) is 5.32 Å². The highest BCUT2D eigenvalue weighted by Gasteiger charge is 2.03. The Balaban J connectivity index is 1.96. The first-order valence-electron chi connectivity index (χ1n) is 5.66. The van der Waals surface area contributed by atoms with Gasteiger partial charge in [-0.1, -0.05) is 0 Å². The molecule has 16 heavy (non-hydrogen) atoms. The molecule has 1 aromatic heterocycles. The van der Waals surface area contributed by atoms with Crippen molar-refractivity contribution in [2.24, 2.45) is 0 Å². The van der Waals surface area contributed by atoms with Crippen LogP contribution in [0.1, 0.15) is 19.1 Å². The van der Waals surface area contributed by atoms with E-state index in [0.29, 0.717) is 6.61 Å². The monoisotopic (exact) mass is 227 g/mol. The van der Waals surface area contributed by atoms with Crippen molar-refractivity contribution < 1.29 is 13.9 Å². The molecule has 4 heteroatoms. The van der Waals surface area contributed by atoms with E-state index in [1.165, 1.54) is 0 Å². The topological polar surface area (TPSA) is 43.6 Å². The molecule has 0 aliphatic carbocycles. The molecule has 0 aromatic carbocycles. The van der Waals surface area contributed by atoms with Gasteiger partial charge in [0.05, 0.1) is 12.4 Å². The van der Waals surface area contributed by atoms with E-state index in [4.69, 9.17) is 13.9 Å². The molecule has 1 aromatic rings. The SMILES string of the molecule is COCCCNCC(C)OCc1ccco1. The van der Waals surface area contributed by atoms with Crippen LogP contribution in [0.15, 0.2) is 22.8 Å². The van der Waals surface area contributed by atoms with Gasteiger partial charge in [0.25, 0.3) is 0 Å². The summed E-state index contributed by atoms with van der Waals surface area (Å²) < 4.78 is 15.7. The number of nitrogens with one attached hydrogen (secondary N) is 1. The van der Waals surface area contributed by atoms with Crippen LogP contribution >= 0.6 is 0 Å². The van der Waals surface area contributed by atoms with E-state index in [2.05, 4.69) is 5.32 Å². The average Bonchev–Trinajstić information content (AvgIpc) is 2.79. The predicted molar refractivity (Wildman–Crippen MR) is 62.3 cm³/mol. The minimum absolute atomic E-state index is 0.188. The molecule has 0 saturated heterocycles. The summed E-state index contributed by atoms with van der Waals surface area (Å²) in [7, 11) is 1.72. The van der Waals surface area contributed by atoms with Gasteiger partial charge in [0.15, 0.2) is 0 Å². The van der Waals surface area contributed by atoms with E-state index in [9.17, 15) is 0 Å². The maximum absolute atomic E-state index is 5.61. The first-order valence-corrected chi connectivity index (χ1v) is 5.66. The van der Waals surface area contributed by atoms with Crippen LogP contribution < -0.4 is 5.32 Å². The molecule has 4 nitrogen and oxygen atoms in total. The molecule has 0 amide bonds. The zero-order valence-corrected chi connectivity index (χ0v) is 10.1. The highest BCUT2D eigenvalue weighted by Crippen LogP contribution is 2.03. The number of methoxy groups -OCH3 is 1. The number of furan rings is 1. The maximum Gasteiger partial charge on any atom is 0.129 e. The maximum atomic E-state index is 5.61. The smallest absolute Gasteiger partial charge is 0.129 e. The number of rotatable bonds is 9. The van der Waals surface area contributed by atoms with Crippen LogP contribution in [0.25, 0.3) is 0 Å². The minimum Gasteiger partial charge on any atom is -0.467 e. The van der Waals surface area contributed by atoms with Gasteiger partial charge in [-0.15, -0.1) is 0 Å². The van der Waals surface area contributed by atoms with Crippen LogP contribution in [0, 0.1) is 0 Å². The van der Waals surface area contributed by atoms with Crippen molar-refractivity contribution in [3.63, 3.8) is 0 Å². The molecule has 0 spiro atoms. The Morgan fingerprint density at radius 3 is 3.06 bits per heavy atom. The Hall–Kier alpha value is -0.840. The van der Waals surface area contributed by atoms with Crippen molar-refractivity contribution in [2.45, 2.75) is 26.1 Å². The quantitative estimate of drug-likeness (QED) is 0.653. The van der Waals surface area contributed by atoms with Crippen molar-refractivity contribution in [3.05, 3.63) is 24.2 Å². The average molecular weight is 227 g/mol. The number of hydrogen-bond donors (Lipinski definition) is 1. The Kier molecular flexibility index (Phi) is 6.88. The van der Waals surface area contributed by atoms with E-state index in [1.807, 2.05) is 19.1 Å². The standard InChI is InChI=1S/C12H21NO3/c1-11(9-13-6-4-7-14-2)16-10-12-5-3-8-15-12/h3,5,8,11,13H,4,6-7,9-10H2,1-2H3. The summed E-state index contributed by atoms with van der Waals surface area (Å²) in [5.41, 5.74) is 0.